The van der Waals surface area contributed by atoms with Crippen molar-refractivity contribution in [2.45, 2.75) is 58.5 Å². The molecule has 2 atom stereocenters. The highest BCUT2D eigenvalue weighted by molar-refractivity contribution is 6.06. The number of aryl methyl sites for hydroxylation is 1. The highest BCUT2D eigenvalue weighted by Crippen LogP contribution is 2.23. The summed E-state index contributed by atoms with van der Waals surface area (Å²) < 4.78 is 5.27. The number of nitrogens with one attached hydrogen (secondary N) is 2. The molecule has 0 aliphatic carbocycles. The van der Waals surface area contributed by atoms with Gasteiger partial charge < -0.3 is 20.2 Å². The molecular formula is C29H31N3O7. The molecule has 1 aromatic heterocycles. The molecule has 0 saturated carbocycles. The molecule has 4 rings (SSSR count). The molecule has 204 valence electrons. The van der Waals surface area contributed by atoms with Gasteiger partial charge in [-0.15, -0.1) is 0 Å². The Labute approximate surface area is 225 Å². The lowest BCUT2D eigenvalue weighted by molar-refractivity contribution is -0.147. The monoisotopic (exact) mass is 533 g/mol. The van der Waals surface area contributed by atoms with Crippen molar-refractivity contribution in [3.8, 4) is 5.75 Å². The van der Waals surface area contributed by atoms with E-state index in [-0.39, 0.29) is 37.4 Å². The first kappa shape index (κ1) is 27.6. The van der Waals surface area contributed by atoms with Crippen LogP contribution in [0.3, 0.4) is 0 Å². The fourth-order valence-electron chi connectivity index (χ4n) is 4.69. The lowest BCUT2D eigenvalue weighted by atomic mass is 10.00. The van der Waals surface area contributed by atoms with E-state index in [4.69, 9.17) is 4.42 Å². The van der Waals surface area contributed by atoms with E-state index < -0.39 is 41.3 Å². The second kappa shape index (κ2) is 11.5. The molecule has 0 radical (unpaired) electrons. The van der Waals surface area contributed by atoms with Crippen molar-refractivity contribution >= 4 is 40.3 Å². The Hall–Kier alpha value is -4.47. The number of carbonyl (C=O) groups is 4. The smallest absolute Gasteiger partial charge is 0.336 e. The third-order valence-electron chi connectivity index (χ3n) is 6.63. The molecule has 1 aliphatic heterocycles. The van der Waals surface area contributed by atoms with Crippen LogP contribution in [-0.2, 0) is 25.6 Å². The number of benzene rings is 2. The number of phenols is 1. The van der Waals surface area contributed by atoms with Gasteiger partial charge in [-0.25, -0.2) is 4.79 Å². The van der Waals surface area contributed by atoms with Crippen molar-refractivity contribution in [1.82, 2.24) is 10.2 Å². The topological polar surface area (TPSA) is 146 Å². The SMILES string of the molecule is Cc1cc(=O)oc2cc(NC(=O)[C@H](Cc3ccc(O)cc3)NC(=O)[C@H](CC(C)C)N3C(=O)CCC3=O)ccc12. The van der Waals surface area contributed by atoms with Crippen LogP contribution >= 0.6 is 0 Å². The van der Waals surface area contributed by atoms with Crippen LogP contribution in [0.4, 0.5) is 5.69 Å². The average Bonchev–Trinajstić information content (AvgIpc) is 3.20. The summed E-state index contributed by atoms with van der Waals surface area (Å²) in [5.74, 6) is -1.91. The third kappa shape index (κ3) is 6.51. The number of carbonyl (C=O) groups excluding carboxylic acids is 4. The average molecular weight is 534 g/mol. The molecule has 3 N–H and O–H groups in total. The molecule has 0 unspecified atom stereocenters. The van der Waals surface area contributed by atoms with Crippen LogP contribution in [0.1, 0.15) is 44.2 Å². The Bertz CT molecular complexity index is 1460. The van der Waals surface area contributed by atoms with Gasteiger partial charge in [-0.1, -0.05) is 26.0 Å². The number of hydrogen-bond donors (Lipinski definition) is 3. The predicted octanol–water partition coefficient (Wildman–Crippen LogP) is 3.04. The molecule has 1 fully saturated rings. The molecule has 2 aromatic carbocycles. The summed E-state index contributed by atoms with van der Waals surface area (Å²) in [5.41, 5.74) is 1.55. The van der Waals surface area contributed by atoms with Crippen LogP contribution in [0.25, 0.3) is 11.0 Å². The predicted molar refractivity (Wildman–Crippen MR) is 144 cm³/mol. The third-order valence-corrected chi connectivity index (χ3v) is 6.63. The number of phenolic OH excluding ortho intramolecular Hbond substituents is 1. The van der Waals surface area contributed by atoms with Crippen molar-refractivity contribution in [3.05, 3.63) is 70.1 Å². The van der Waals surface area contributed by atoms with Crippen LogP contribution in [-0.4, -0.2) is 45.7 Å². The number of amides is 4. The number of aromatic hydroxyl groups is 1. The highest BCUT2D eigenvalue weighted by Gasteiger charge is 2.40. The van der Waals surface area contributed by atoms with E-state index in [0.29, 0.717) is 16.8 Å². The van der Waals surface area contributed by atoms with Gasteiger partial charge >= 0.3 is 5.63 Å². The Morgan fingerprint density at radius 1 is 0.974 bits per heavy atom. The first-order valence-electron chi connectivity index (χ1n) is 12.8. The molecular weight excluding hydrogens is 502 g/mol. The van der Waals surface area contributed by atoms with E-state index in [2.05, 4.69) is 10.6 Å². The summed E-state index contributed by atoms with van der Waals surface area (Å²) in [7, 11) is 0. The molecule has 3 aromatic rings. The van der Waals surface area contributed by atoms with E-state index in [0.717, 1.165) is 15.8 Å². The Morgan fingerprint density at radius 3 is 2.28 bits per heavy atom. The molecule has 2 heterocycles. The van der Waals surface area contributed by atoms with Gasteiger partial charge in [0.25, 0.3) is 0 Å². The van der Waals surface area contributed by atoms with E-state index in [1.54, 1.807) is 31.2 Å². The lowest BCUT2D eigenvalue weighted by Gasteiger charge is -2.29. The molecule has 0 bridgehead atoms. The molecule has 39 heavy (non-hydrogen) atoms. The van der Waals surface area contributed by atoms with Crippen molar-refractivity contribution in [3.63, 3.8) is 0 Å². The van der Waals surface area contributed by atoms with Gasteiger partial charge in [0.2, 0.25) is 23.6 Å². The molecule has 10 heteroatoms. The maximum Gasteiger partial charge on any atom is 0.336 e. The van der Waals surface area contributed by atoms with Gasteiger partial charge in [0.05, 0.1) is 0 Å². The van der Waals surface area contributed by atoms with Crippen LogP contribution in [0.15, 0.2) is 57.7 Å². The van der Waals surface area contributed by atoms with Crippen molar-refractivity contribution in [2.24, 2.45) is 5.92 Å². The minimum Gasteiger partial charge on any atom is -0.508 e. The van der Waals surface area contributed by atoms with Gasteiger partial charge in [-0.05, 0) is 54.7 Å². The Morgan fingerprint density at radius 2 is 1.64 bits per heavy atom. The van der Waals surface area contributed by atoms with Crippen LogP contribution in [0.2, 0.25) is 0 Å². The van der Waals surface area contributed by atoms with Gasteiger partial charge in [-0.2, -0.15) is 0 Å². The number of imide groups is 1. The summed E-state index contributed by atoms with van der Waals surface area (Å²) in [4.78, 5) is 64.7. The van der Waals surface area contributed by atoms with Crippen LogP contribution in [0, 0.1) is 12.8 Å². The van der Waals surface area contributed by atoms with E-state index in [9.17, 15) is 29.1 Å². The van der Waals surface area contributed by atoms with Gasteiger partial charge in [0, 0.05) is 42.5 Å². The number of likely N-dealkylation sites (tertiary alicyclic amines) is 1. The zero-order chi connectivity index (χ0) is 28.3. The Kier molecular flexibility index (Phi) is 8.13. The maximum atomic E-state index is 13.5. The number of nitrogens with zero attached hydrogens (tertiary/aromatic N) is 1. The summed E-state index contributed by atoms with van der Waals surface area (Å²) in [6, 6.07) is 10.4. The molecule has 1 saturated heterocycles. The number of rotatable bonds is 9. The number of fused-ring (bicyclic) bond motifs is 1. The maximum absolute atomic E-state index is 13.5. The second-order valence-corrected chi connectivity index (χ2v) is 10.2. The van der Waals surface area contributed by atoms with E-state index in [1.807, 2.05) is 13.8 Å². The van der Waals surface area contributed by atoms with Gasteiger partial charge in [0.15, 0.2) is 0 Å². The number of hydrogen-bond acceptors (Lipinski definition) is 7. The second-order valence-electron chi connectivity index (χ2n) is 10.2. The zero-order valence-electron chi connectivity index (χ0n) is 22.0. The number of anilines is 1. The standard InChI is InChI=1S/C29H31N3O7/c1-16(2)12-23(32-25(34)10-11-26(32)35)29(38)31-22(14-18-4-7-20(33)8-5-18)28(37)30-19-6-9-21-17(3)13-27(36)39-24(21)15-19/h4-9,13,15-16,22-23,33H,10-12,14H2,1-3H3,(H,30,37)(H,31,38)/t22-,23-/m0/s1. The summed E-state index contributed by atoms with van der Waals surface area (Å²) >= 11 is 0. The quantitative estimate of drug-likeness (QED) is 0.283. The lowest BCUT2D eigenvalue weighted by Crippen LogP contribution is -2.55. The van der Waals surface area contributed by atoms with E-state index >= 15 is 0 Å². The largest absolute Gasteiger partial charge is 0.508 e. The molecule has 0 spiro atoms. The molecule has 1 aliphatic rings. The van der Waals surface area contributed by atoms with E-state index in [1.165, 1.54) is 24.3 Å². The first-order chi connectivity index (χ1) is 18.5. The highest BCUT2D eigenvalue weighted by atomic mass is 16.4. The van der Waals surface area contributed by atoms with Crippen LogP contribution < -0.4 is 16.3 Å². The Balaban J connectivity index is 1.61. The van der Waals surface area contributed by atoms with Gasteiger partial charge in [0.1, 0.15) is 23.4 Å². The van der Waals surface area contributed by atoms with Gasteiger partial charge in [-0.3, -0.25) is 24.1 Å². The van der Waals surface area contributed by atoms with Crippen molar-refractivity contribution in [1.29, 1.82) is 0 Å². The zero-order valence-corrected chi connectivity index (χ0v) is 22.0. The summed E-state index contributed by atoms with van der Waals surface area (Å²) in [5, 5.41) is 15.9. The molecule has 4 amide bonds. The minimum atomic E-state index is -1.08. The summed E-state index contributed by atoms with van der Waals surface area (Å²) in [6.07, 6.45) is 0.432. The normalized spacial score (nSPS) is 15.0. The minimum absolute atomic E-state index is 0.00189. The molecule has 10 nitrogen and oxygen atoms in total. The van der Waals surface area contributed by atoms with Crippen molar-refractivity contribution < 1.29 is 28.7 Å². The van der Waals surface area contributed by atoms with Crippen LogP contribution in [0.5, 0.6) is 5.75 Å². The first-order valence-corrected chi connectivity index (χ1v) is 12.8. The fourth-order valence-corrected chi connectivity index (χ4v) is 4.69. The summed E-state index contributed by atoms with van der Waals surface area (Å²) in [6.45, 7) is 5.54. The fraction of sp³-hybridized carbons (Fsp3) is 0.345. The van der Waals surface area contributed by atoms with Crippen molar-refractivity contribution in [2.75, 3.05) is 5.32 Å².